The molecule has 0 heterocycles. The third-order valence-electron chi connectivity index (χ3n) is 1.70. The number of aliphatic hydroxyl groups excluding tert-OH is 1. The average Bonchev–Trinajstić information content (AvgIpc) is 1.84. The third-order valence-corrected chi connectivity index (χ3v) is 1.70. The van der Waals surface area contributed by atoms with Crippen molar-refractivity contribution in [3.63, 3.8) is 0 Å². The summed E-state index contributed by atoms with van der Waals surface area (Å²) < 4.78 is 0. The van der Waals surface area contributed by atoms with Crippen LogP contribution in [0.15, 0.2) is 0 Å². The summed E-state index contributed by atoms with van der Waals surface area (Å²) in [4.78, 5) is 9.36. The van der Waals surface area contributed by atoms with Crippen molar-refractivity contribution in [1.82, 2.24) is 0 Å². The van der Waals surface area contributed by atoms with Crippen LogP contribution in [0.2, 0.25) is 0 Å². The van der Waals surface area contributed by atoms with E-state index in [1.54, 1.807) is 0 Å². The van der Waals surface area contributed by atoms with Crippen LogP contribution in [0.1, 0.15) is 20.3 Å². The van der Waals surface area contributed by atoms with Gasteiger partial charge in [0.25, 0.3) is 0 Å². The zero-order valence-electron chi connectivity index (χ0n) is 6.65. The van der Waals surface area contributed by atoms with Crippen LogP contribution in [0.25, 0.3) is 0 Å². The number of nitro groups is 1. The van der Waals surface area contributed by atoms with E-state index < -0.39 is 16.6 Å². The van der Waals surface area contributed by atoms with Crippen LogP contribution in [0.4, 0.5) is 0 Å². The molecule has 0 aliphatic heterocycles. The number of nitrogens with zero attached hydrogens (tertiary/aromatic N) is 1. The van der Waals surface area contributed by atoms with Gasteiger partial charge in [0, 0.05) is 11.3 Å². The summed E-state index contributed by atoms with van der Waals surface area (Å²) in [6.07, 6.45) is -0.972. The van der Waals surface area contributed by atoms with Gasteiger partial charge in [-0.2, -0.15) is 0 Å². The second-order valence-electron chi connectivity index (χ2n) is 2.84. The molecular formula is C6H13NO4. The number of hydrogen-bond acceptors (Lipinski definition) is 4. The molecule has 0 saturated heterocycles. The fraction of sp³-hybridized carbons (Fsp3) is 1.00. The minimum Gasteiger partial charge on any atom is -0.390 e. The number of rotatable bonds is 4. The maximum absolute atomic E-state index is 9.88. The Hall–Kier alpha value is -0.680. The highest BCUT2D eigenvalue weighted by Gasteiger charge is 2.28. The monoisotopic (exact) mass is 163 g/mol. The Balaban J connectivity index is 3.82. The summed E-state index contributed by atoms with van der Waals surface area (Å²) in [6, 6.07) is 0. The van der Waals surface area contributed by atoms with Crippen molar-refractivity contribution < 1.29 is 15.1 Å². The Morgan fingerprint density at radius 3 is 2.45 bits per heavy atom. The first-order valence-corrected chi connectivity index (χ1v) is 3.38. The van der Waals surface area contributed by atoms with E-state index in [0.29, 0.717) is 0 Å². The molecule has 5 heteroatoms. The van der Waals surface area contributed by atoms with E-state index in [1.165, 1.54) is 13.8 Å². The Kier molecular flexibility index (Phi) is 3.41. The lowest BCUT2D eigenvalue weighted by Gasteiger charge is -2.24. The lowest BCUT2D eigenvalue weighted by molar-refractivity contribution is -0.484. The van der Waals surface area contributed by atoms with E-state index >= 15 is 0 Å². The van der Waals surface area contributed by atoms with Gasteiger partial charge < -0.3 is 10.2 Å². The summed E-state index contributed by atoms with van der Waals surface area (Å²) in [7, 11) is 0. The molecule has 0 amide bonds. The molecule has 11 heavy (non-hydrogen) atoms. The highest BCUT2D eigenvalue weighted by atomic mass is 16.6. The quantitative estimate of drug-likeness (QED) is 0.443. The molecule has 0 radical (unpaired) electrons. The van der Waals surface area contributed by atoms with Crippen molar-refractivity contribution in [3.05, 3.63) is 10.1 Å². The lowest BCUT2D eigenvalue weighted by atomic mass is 9.97. The van der Waals surface area contributed by atoms with Crippen LogP contribution in [-0.2, 0) is 0 Å². The summed E-state index contributed by atoms with van der Waals surface area (Å²) in [5, 5.41) is 28.1. The molecule has 0 aromatic rings. The molecule has 0 saturated carbocycles. The normalized spacial score (nSPS) is 18.9. The molecule has 66 valence electrons. The Morgan fingerprint density at radius 1 is 1.73 bits per heavy atom. The first kappa shape index (κ1) is 10.3. The van der Waals surface area contributed by atoms with Gasteiger partial charge in [-0.15, -0.1) is 0 Å². The van der Waals surface area contributed by atoms with Crippen LogP contribution in [0.3, 0.4) is 0 Å². The fourth-order valence-electron chi connectivity index (χ4n) is 0.527. The van der Waals surface area contributed by atoms with Gasteiger partial charge in [-0.05, 0) is 13.8 Å². The van der Waals surface area contributed by atoms with Gasteiger partial charge in [-0.3, -0.25) is 10.1 Å². The van der Waals surface area contributed by atoms with Crippen molar-refractivity contribution in [2.45, 2.75) is 32.0 Å². The van der Waals surface area contributed by atoms with E-state index in [2.05, 4.69) is 0 Å². The third kappa shape index (κ3) is 3.90. The molecule has 0 fully saturated rings. The minimum absolute atomic E-state index is 0.0301. The van der Waals surface area contributed by atoms with Gasteiger partial charge >= 0.3 is 0 Å². The topological polar surface area (TPSA) is 83.6 Å². The smallest absolute Gasteiger partial charge is 0.206 e. The molecule has 2 atom stereocenters. The largest absolute Gasteiger partial charge is 0.390 e. The molecule has 0 rings (SSSR count). The van der Waals surface area contributed by atoms with Crippen LogP contribution >= 0.6 is 0 Å². The molecule has 0 aromatic heterocycles. The van der Waals surface area contributed by atoms with Gasteiger partial charge in [0.1, 0.15) is 0 Å². The molecule has 0 aliphatic carbocycles. The van der Waals surface area contributed by atoms with Gasteiger partial charge in [0.05, 0.1) is 11.7 Å². The van der Waals surface area contributed by atoms with Crippen LogP contribution in [0, 0.1) is 10.1 Å². The molecule has 0 aromatic carbocycles. The van der Waals surface area contributed by atoms with Gasteiger partial charge in [-0.25, -0.2) is 0 Å². The van der Waals surface area contributed by atoms with Crippen molar-refractivity contribution in [2.75, 3.05) is 6.54 Å². The van der Waals surface area contributed by atoms with Gasteiger partial charge in [-0.1, -0.05) is 0 Å². The van der Waals surface area contributed by atoms with Gasteiger partial charge in [0.2, 0.25) is 6.54 Å². The molecule has 0 spiro atoms. The standard InChI is InChI=1S/C6H13NO4/c1-5(8)6(2,9)3-4-7(10)11/h5,8-9H,3-4H2,1-2H3. The van der Waals surface area contributed by atoms with E-state index in [1.807, 2.05) is 0 Å². The highest BCUT2D eigenvalue weighted by Crippen LogP contribution is 2.13. The van der Waals surface area contributed by atoms with Gasteiger partial charge in [0.15, 0.2) is 0 Å². The molecule has 0 bridgehead atoms. The second-order valence-corrected chi connectivity index (χ2v) is 2.84. The molecule has 2 unspecified atom stereocenters. The van der Waals surface area contributed by atoms with E-state index in [9.17, 15) is 15.2 Å². The second kappa shape index (κ2) is 3.64. The van der Waals surface area contributed by atoms with Crippen LogP contribution in [-0.4, -0.2) is 33.4 Å². The van der Waals surface area contributed by atoms with Crippen molar-refractivity contribution >= 4 is 0 Å². The van der Waals surface area contributed by atoms with Crippen molar-refractivity contribution in [1.29, 1.82) is 0 Å². The summed E-state index contributed by atoms with van der Waals surface area (Å²) >= 11 is 0. The van der Waals surface area contributed by atoms with Crippen LogP contribution < -0.4 is 0 Å². The van der Waals surface area contributed by atoms with Crippen molar-refractivity contribution in [2.24, 2.45) is 0 Å². The summed E-state index contributed by atoms with van der Waals surface area (Å²) in [5.74, 6) is 0. The molecule has 0 aliphatic rings. The molecule has 2 N–H and O–H groups in total. The molecular weight excluding hydrogens is 150 g/mol. The van der Waals surface area contributed by atoms with E-state index in [0.717, 1.165) is 0 Å². The predicted octanol–water partition coefficient (Wildman–Crippen LogP) is -0.215. The number of hydrogen-bond donors (Lipinski definition) is 2. The molecule has 5 nitrogen and oxygen atoms in total. The first-order valence-electron chi connectivity index (χ1n) is 3.38. The van der Waals surface area contributed by atoms with E-state index in [4.69, 9.17) is 5.11 Å². The Bertz CT molecular complexity index is 144. The maximum atomic E-state index is 9.88. The Morgan fingerprint density at radius 2 is 2.18 bits per heavy atom. The lowest BCUT2D eigenvalue weighted by Crippen LogP contribution is -2.38. The first-order chi connectivity index (χ1) is 4.86. The average molecular weight is 163 g/mol. The predicted molar refractivity (Wildman–Crippen MR) is 38.8 cm³/mol. The van der Waals surface area contributed by atoms with Crippen molar-refractivity contribution in [3.8, 4) is 0 Å². The SMILES string of the molecule is CC(O)C(C)(O)CC[N+](=O)[O-]. The Labute approximate surface area is 64.8 Å². The van der Waals surface area contributed by atoms with Crippen LogP contribution in [0.5, 0.6) is 0 Å². The van der Waals surface area contributed by atoms with E-state index in [-0.39, 0.29) is 13.0 Å². The summed E-state index contributed by atoms with van der Waals surface area (Å²) in [6.45, 7) is 2.46. The minimum atomic E-state index is -1.35. The summed E-state index contributed by atoms with van der Waals surface area (Å²) in [5.41, 5.74) is -1.35. The zero-order chi connectivity index (χ0) is 9.07. The number of aliphatic hydroxyl groups is 2. The highest BCUT2D eigenvalue weighted by molar-refractivity contribution is 4.77. The fourth-order valence-corrected chi connectivity index (χ4v) is 0.527. The zero-order valence-corrected chi connectivity index (χ0v) is 6.65. The maximum Gasteiger partial charge on any atom is 0.206 e.